The van der Waals surface area contributed by atoms with Gasteiger partial charge in [0, 0.05) is 25.6 Å². The molecule has 31 heavy (non-hydrogen) atoms. The zero-order chi connectivity index (χ0) is 21.5. The summed E-state index contributed by atoms with van der Waals surface area (Å²) < 4.78 is 7.78. The number of guanidine groups is 1. The first-order valence-electron chi connectivity index (χ1n) is 10.9. The van der Waals surface area contributed by atoms with E-state index in [2.05, 4.69) is 63.3 Å². The number of hydrogen-bond donors (Lipinski definition) is 2. The molecule has 7 heteroatoms. The highest BCUT2D eigenvalue weighted by molar-refractivity contribution is 5.80. The number of para-hydroxylation sites is 1. The van der Waals surface area contributed by atoms with Crippen molar-refractivity contribution in [3.63, 3.8) is 0 Å². The lowest BCUT2D eigenvalue weighted by Crippen LogP contribution is -2.41. The van der Waals surface area contributed by atoms with E-state index in [1.807, 2.05) is 30.7 Å². The largest absolute Gasteiger partial charge is 0.493 e. The second kappa shape index (κ2) is 10.1. The smallest absolute Gasteiger partial charge is 0.192 e. The highest BCUT2D eigenvalue weighted by Gasteiger charge is 2.22. The van der Waals surface area contributed by atoms with Crippen molar-refractivity contribution < 1.29 is 4.74 Å². The van der Waals surface area contributed by atoms with E-state index in [9.17, 15) is 0 Å². The summed E-state index contributed by atoms with van der Waals surface area (Å²) in [6, 6.07) is 18.9. The molecule has 0 saturated heterocycles. The van der Waals surface area contributed by atoms with Crippen molar-refractivity contribution in [2.24, 2.45) is 12.0 Å². The summed E-state index contributed by atoms with van der Waals surface area (Å²) in [6.45, 7) is 3.94. The van der Waals surface area contributed by atoms with E-state index < -0.39 is 0 Å². The van der Waals surface area contributed by atoms with Crippen LogP contribution in [0.25, 0.3) is 0 Å². The number of fused-ring (bicyclic) bond motifs is 1. The number of hydrogen-bond acceptors (Lipinski definition) is 4. The van der Waals surface area contributed by atoms with Gasteiger partial charge in [-0.15, -0.1) is 10.2 Å². The third-order valence-corrected chi connectivity index (χ3v) is 5.61. The summed E-state index contributed by atoms with van der Waals surface area (Å²) >= 11 is 0. The molecule has 1 atom stereocenters. The van der Waals surface area contributed by atoms with Gasteiger partial charge in [-0.25, -0.2) is 4.99 Å². The Bertz CT molecular complexity index is 1010. The van der Waals surface area contributed by atoms with Gasteiger partial charge in [0.25, 0.3) is 0 Å². The van der Waals surface area contributed by atoms with Gasteiger partial charge in [-0.05, 0) is 31.4 Å². The topological polar surface area (TPSA) is 76.4 Å². The molecular formula is C24H30N6O. The Kier molecular flexibility index (Phi) is 6.82. The Labute approximate surface area is 183 Å². The number of aliphatic imine (C=N–C) groups is 1. The summed E-state index contributed by atoms with van der Waals surface area (Å²) in [6.07, 6.45) is 2.95. The van der Waals surface area contributed by atoms with Gasteiger partial charge in [0.15, 0.2) is 11.8 Å². The number of benzene rings is 2. The van der Waals surface area contributed by atoms with E-state index in [0.29, 0.717) is 13.2 Å². The summed E-state index contributed by atoms with van der Waals surface area (Å²) in [7, 11) is 1.97. The van der Waals surface area contributed by atoms with Crippen LogP contribution in [0.3, 0.4) is 0 Å². The fourth-order valence-electron chi connectivity index (χ4n) is 3.69. The number of nitrogens with zero attached hydrogens (tertiary/aromatic N) is 4. The van der Waals surface area contributed by atoms with Gasteiger partial charge in [-0.3, -0.25) is 0 Å². The molecule has 7 nitrogen and oxygen atoms in total. The van der Waals surface area contributed by atoms with Crippen LogP contribution in [0.4, 0.5) is 0 Å². The maximum absolute atomic E-state index is 5.81. The van der Waals surface area contributed by atoms with Gasteiger partial charge in [0.2, 0.25) is 0 Å². The van der Waals surface area contributed by atoms with Crippen LogP contribution in [-0.2, 0) is 20.0 Å². The maximum atomic E-state index is 5.81. The molecular weight excluding hydrogens is 388 g/mol. The molecule has 0 amide bonds. The maximum Gasteiger partial charge on any atom is 0.192 e. The van der Waals surface area contributed by atoms with Gasteiger partial charge in [-0.2, -0.15) is 0 Å². The first-order chi connectivity index (χ1) is 15.2. The number of aromatic nitrogens is 3. The van der Waals surface area contributed by atoms with Gasteiger partial charge in [0.05, 0.1) is 12.6 Å². The molecule has 1 aromatic heterocycles. The highest BCUT2D eigenvalue weighted by atomic mass is 16.5. The summed E-state index contributed by atoms with van der Waals surface area (Å²) in [5, 5.41) is 15.5. The predicted molar refractivity (Wildman–Crippen MR) is 122 cm³/mol. The molecule has 3 aromatic rings. The van der Waals surface area contributed by atoms with Crippen molar-refractivity contribution in [3.05, 3.63) is 77.4 Å². The van der Waals surface area contributed by atoms with Crippen molar-refractivity contribution >= 4 is 5.96 Å². The first kappa shape index (κ1) is 20.9. The van der Waals surface area contributed by atoms with E-state index in [1.165, 1.54) is 11.1 Å². The summed E-state index contributed by atoms with van der Waals surface area (Å²) in [5.74, 6) is 3.46. The molecule has 1 unspecified atom stereocenters. The summed E-state index contributed by atoms with van der Waals surface area (Å²) in [4.78, 5) is 4.81. The number of ether oxygens (including phenoxy) is 1. The van der Waals surface area contributed by atoms with Crippen LogP contribution < -0.4 is 15.4 Å². The third kappa shape index (κ3) is 5.42. The van der Waals surface area contributed by atoms with Crippen LogP contribution in [0.2, 0.25) is 0 Å². The minimum absolute atomic E-state index is 0.159. The second-order valence-electron chi connectivity index (χ2n) is 7.78. The Hall–Kier alpha value is -3.35. The van der Waals surface area contributed by atoms with Crippen molar-refractivity contribution in [1.82, 2.24) is 25.4 Å². The molecule has 2 heterocycles. The SMILES string of the molecule is Cc1nnc(CN=C(NCCCc2ccccc2)NC2CCOc3ccccc32)n1C. The zero-order valence-electron chi connectivity index (χ0n) is 18.2. The van der Waals surface area contributed by atoms with Crippen LogP contribution in [-0.4, -0.2) is 33.9 Å². The normalized spacial score (nSPS) is 15.8. The van der Waals surface area contributed by atoms with E-state index in [4.69, 9.17) is 9.73 Å². The summed E-state index contributed by atoms with van der Waals surface area (Å²) in [5.41, 5.74) is 2.52. The minimum Gasteiger partial charge on any atom is -0.493 e. The molecule has 162 valence electrons. The Morgan fingerprint density at radius 1 is 1.13 bits per heavy atom. The molecule has 4 rings (SSSR count). The van der Waals surface area contributed by atoms with Crippen LogP contribution in [0.15, 0.2) is 59.6 Å². The van der Waals surface area contributed by atoms with E-state index in [1.54, 1.807) is 0 Å². The van der Waals surface area contributed by atoms with Gasteiger partial charge < -0.3 is 19.9 Å². The van der Waals surface area contributed by atoms with Crippen molar-refractivity contribution in [2.45, 2.75) is 38.8 Å². The van der Waals surface area contributed by atoms with Crippen LogP contribution in [0.1, 0.15) is 41.7 Å². The Balaban J connectivity index is 1.43. The minimum atomic E-state index is 0.159. The monoisotopic (exact) mass is 418 g/mol. The van der Waals surface area contributed by atoms with Crippen LogP contribution in [0.5, 0.6) is 5.75 Å². The van der Waals surface area contributed by atoms with Crippen molar-refractivity contribution in [2.75, 3.05) is 13.2 Å². The van der Waals surface area contributed by atoms with Gasteiger partial charge in [0.1, 0.15) is 18.1 Å². The van der Waals surface area contributed by atoms with E-state index >= 15 is 0 Å². The first-order valence-corrected chi connectivity index (χ1v) is 10.9. The highest BCUT2D eigenvalue weighted by Crippen LogP contribution is 2.31. The fourth-order valence-corrected chi connectivity index (χ4v) is 3.69. The standard InChI is InChI=1S/C24H30N6O/c1-18-28-29-23(30(18)2)17-26-24(25-15-8-11-19-9-4-3-5-10-19)27-21-14-16-31-22-13-7-6-12-20(21)22/h3-7,9-10,12-13,21H,8,11,14-17H2,1-2H3,(H2,25,26,27). The second-order valence-corrected chi connectivity index (χ2v) is 7.78. The molecule has 1 aliphatic rings. The molecule has 0 saturated carbocycles. The van der Waals surface area contributed by atoms with Crippen LogP contribution >= 0.6 is 0 Å². The average molecular weight is 419 g/mol. The van der Waals surface area contributed by atoms with Gasteiger partial charge in [-0.1, -0.05) is 48.5 Å². The molecule has 1 aliphatic heterocycles. The lowest BCUT2D eigenvalue weighted by atomic mass is 10.0. The molecule has 0 radical (unpaired) electrons. The third-order valence-electron chi connectivity index (χ3n) is 5.61. The lowest BCUT2D eigenvalue weighted by Gasteiger charge is -2.28. The lowest BCUT2D eigenvalue weighted by molar-refractivity contribution is 0.261. The molecule has 2 N–H and O–H groups in total. The zero-order valence-corrected chi connectivity index (χ0v) is 18.2. The number of nitrogens with one attached hydrogen (secondary N) is 2. The van der Waals surface area contributed by atoms with Gasteiger partial charge >= 0.3 is 0 Å². The fraction of sp³-hybridized carbons (Fsp3) is 0.375. The Morgan fingerprint density at radius 3 is 2.74 bits per heavy atom. The Morgan fingerprint density at radius 2 is 1.94 bits per heavy atom. The van der Waals surface area contributed by atoms with E-state index in [0.717, 1.165) is 49.2 Å². The van der Waals surface area contributed by atoms with E-state index in [-0.39, 0.29) is 6.04 Å². The molecule has 2 aromatic carbocycles. The molecule has 0 spiro atoms. The average Bonchev–Trinajstić information content (AvgIpc) is 3.13. The van der Waals surface area contributed by atoms with Crippen molar-refractivity contribution in [1.29, 1.82) is 0 Å². The predicted octanol–water partition coefficient (Wildman–Crippen LogP) is 3.32. The number of rotatable bonds is 7. The van der Waals surface area contributed by atoms with Crippen LogP contribution in [0, 0.1) is 6.92 Å². The van der Waals surface area contributed by atoms with Crippen molar-refractivity contribution in [3.8, 4) is 5.75 Å². The molecule has 0 fully saturated rings. The molecule has 0 bridgehead atoms. The number of aryl methyl sites for hydroxylation is 2. The molecule has 0 aliphatic carbocycles. The quantitative estimate of drug-likeness (QED) is 0.350.